The fourth-order valence-electron chi connectivity index (χ4n) is 1.75. The number of amides is 1. The lowest BCUT2D eigenvalue weighted by molar-refractivity contribution is -0.152. The lowest BCUT2D eigenvalue weighted by Gasteiger charge is -2.47. The van der Waals surface area contributed by atoms with Gasteiger partial charge in [-0.2, -0.15) is 0 Å². The molecular weight excluding hydrogens is 236 g/mol. The van der Waals surface area contributed by atoms with E-state index in [2.05, 4.69) is 5.32 Å². The maximum absolute atomic E-state index is 11.7. The lowest BCUT2D eigenvalue weighted by Crippen LogP contribution is -2.74. The Morgan fingerprint density at radius 1 is 1.39 bits per heavy atom. The van der Waals surface area contributed by atoms with Crippen LogP contribution in [0.25, 0.3) is 0 Å². The van der Waals surface area contributed by atoms with Crippen molar-refractivity contribution in [3.05, 3.63) is 0 Å². The number of ether oxygens (including phenoxy) is 1. The third-order valence-corrected chi connectivity index (χ3v) is 2.70. The summed E-state index contributed by atoms with van der Waals surface area (Å²) in [4.78, 5) is 24.3. The SMILES string of the molecule is CCCNC1(C(=O)O)CN(C(=O)OC(C)(C)C)C1. The van der Waals surface area contributed by atoms with E-state index in [1.807, 2.05) is 6.92 Å². The molecule has 104 valence electrons. The number of rotatable bonds is 4. The van der Waals surface area contributed by atoms with Crippen molar-refractivity contribution in [3.8, 4) is 0 Å². The van der Waals surface area contributed by atoms with Crippen LogP contribution in [0.2, 0.25) is 0 Å². The van der Waals surface area contributed by atoms with Gasteiger partial charge in [0.05, 0.1) is 13.1 Å². The van der Waals surface area contributed by atoms with Gasteiger partial charge in [-0.3, -0.25) is 10.1 Å². The molecule has 0 unspecified atom stereocenters. The summed E-state index contributed by atoms with van der Waals surface area (Å²) in [5, 5.41) is 12.2. The highest BCUT2D eigenvalue weighted by Gasteiger charge is 2.52. The molecule has 1 fully saturated rings. The fourth-order valence-corrected chi connectivity index (χ4v) is 1.75. The van der Waals surface area contributed by atoms with E-state index in [1.165, 1.54) is 4.90 Å². The Morgan fingerprint density at radius 2 is 1.94 bits per heavy atom. The quantitative estimate of drug-likeness (QED) is 0.788. The molecule has 1 heterocycles. The molecule has 0 aromatic rings. The molecule has 0 aliphatic carbocycles. The summed E-state index contributed by atoms with van der Waals surface area (Å²) in [7, 11) is 0. The molecule has 0 spiro atoms. The van der Waals surface area contributed by atoms with Gasteiger partial charge in [-0.1, -0.05) is 6.92 Å². The van der Waals surface area contributed by atoms with Crippen LogP contribution < -0.4 is 5.32 Å². The summed E-state index contributed by atoms with van der Waals surface area (Å²) in [5.74, 6) is -0.921. The first-order chi connectivity index (χ1) is 8.20. The maximum atomic E-state index is 11.7. The first-order valence-electron chi connectivity index (χ1n) is 6.16. The van der Waals surface area contributed by atoms with Gasteiger partial charge in [0.2, 0.25) is 0 Å². The molecule has 2 N–H and O–H groups in total. The summed E-state index contributed by atoms with van der Waals surface area (Å²) in [5.41, 5.74) is -1.57. The van der Waals surface area contributed by atoms with Crippen LogP contribution in [0.4, 0.5) is 4.79 Å². The molecule has 6 nitrogen and oxygen atoms in total. The number of carboxylic acid groups (broad SMARTS) is 1. The Balaban J connectivity index is 2.53. The Kier molecular flexibility index (Phi) is 4.21. The van der Waals surface area contributed by atoms with Gasteiger partial charge in [-0.05, 0) is 33.7 Å². The largest absolute Gasteiger partial charge is 0.480 e. The van der Waals surface area contributed by atoms with Crippen molar-refractivity contribution in [1.82, 2.24) is 10.2 Å². The zero-order chi connectivity index (χ0) is 14.0. The Bertz CT molecular complexity index is 329. The molecule has 0 radical (unpaired) electrons. The van der Waals surface area contributed by atoms with Crippen LogP contribution >= 0.6 is 0 Å². The van der Waals surface area contributed by atoms with E-state index in [4.69, 9.17) is 4.74 Å². The van der Waals surface area contributed by atoms with E-state index in [0.717, 1.165) is 6.42 Å². The van der Waals surface area contributed by atoms with Gasteiger partial charge < -0.3 is 14.7 Å². The molecule has 1 aliphatic heterocycles. The van der Waals surface area contributed by atoms with Crippen LogP contribution in [0.5, 0.6) is 0 Å². The van der Waals surface area contributed by atoms with Crippen LogP contribution in [0, 0.1) is 0 Å². The number of nitrogens with one attached hydrogen (secondary N) is 1. The number of nitrogens with zero attached hydrogens (tertiary/aromatic N) is 1. The average Bonchev–Trinajstić information content (AvgIpc) is 2.12. The van der Waals surface area contributed by atoms with Gasteiger partial charge in [0.15, 0.2) is 5.54 Å². The molecule has 0 aromatic carbocycles. The average molecular weight is 258 g/mol. The highest BCUT2D eigenvalue weighted by Crippen LogP contribution is 2.24. The maximum Gasteiger partial charge on any atom is 0.410 e. The van der Waals surface area contributed by atoms with E-state index in [1.54, 1.807) is 20.8 Å². The minimum absolute atomic E-state index is 0.150. The van der Waals surface area contributed by atoms with Gasteiger partial charge in [-0.25, -0.2) is 4.79 Å². The van der Waals surface area contributed by atoms with E-state index < -0.39 is 23.2 Å². The van der Waals surface area contributed by atoms with Gasteiger partial charge >= 0.3 is 12.1 Å². The second kappa shape index (κ2) is 5.14. The molecule has 1 amide bonds. The summed E-state index contributed by atoms with van der Waals surface area (Å²) < 4.78 is 5.19. The first kappa shape index (κ1) is 14.8. The number of hydrogen-bond donors (Lipinski definition) is 2. The zero-order valence-corrected chi connectivity index (χ0v) is 11.4. The summed E-state index contributed by atoms with van der Waals surface area (Å²) >= 11 is 0. The molecular formula is C12H22N2O4. The Morgan fingerprint density at radius 3 is 2.33 bits per heavy atom. The number of carbonyl (C=O) groups excluding carboxylic acids is 1. The number of hydrogen-bond acceptors (Lipinski definition) is 4. The predicted octanol–water partition coefficient (Wildman–Crippen LogP) is 1.06. The third kappa shape index (κ3) is 3.35. The van der Waals surface area contributed by atoms with Crippen molar-refractivity contribution in [3.63, 3.8) is 0 Å². The van der Waals surface area contributed by atoms with E-state index in [-0.39, 0.29) is 13.1 Å². The highest BCUT2D eigenvalue weighted by molar-refractivity contribution is 5.84. The van der Waals surface area contributed by atoms with Crippen LogP contribution in [-0.4, -0.2) is 52.8 Å². The van der Waals surface area contributed by atoms with Crippen molar-refractivity contribution in [2.24, 2.45) is 0 Å². The van der Waals surface area contributed by atoms with Gasteiger partial charge in [-0.15, -0.1) is 0 Å². The molecule has 1 aliphatic rings. The smallest absolute Gasteiger partial charge is 0.410 e. The van der Waals surface area contributed by atoms with Gasteiger partial charge in [0.25, 0.3) is 0 Å². The second-order valence-electron chi connectivity index (χ2n) is 5.65. The minimum atomic E-state index is -1.01. The van der Waals surface area contributed by atoms with Crippen molar-refractivity contribution in [1.29, 1.82) is 0 Å². The molecule has 0 atom stereocenters. The Labute approximate surface area is 107 Å². The van der Waals surface area contributed by atoms with Gasteiger partial charge in [0, 0.05) is 0 Å². The number of carbonyl (C=O) groups is 2. The van der Waals surface area contributed by atoms with E-state index in [0.29, 0.717) is 6.54 Å². The normalized spacial score (nSPS) is 18.1. The van der Waals surface area contributed by atoms with Crippen LogP contribution in [0.3, 0.4) is 0 Å². The number of aliphatic carboxylic acids is 1. The molecule has 0 aromatic heterocycles. The highest BCUT2D eigenvalue weighted by atomic mass is 16.6. The molecule has 6 heteroatoms. The van der Waals surface area contributed by atoms with E-state index in [9.17, 15) is 14.7 Å². The summed E-state index contributed by atoms with van der Waals surface area (Å²) in [6, 6.07) is 0. The van der Waals surface area contributed by atoms with E-state index >= 15 is 0 Å². The Hall–Kier alpha value is -1.30. The fraction of sp³-hybridized carbons (Fsp3) is 0.833. The van der Waals surface area contributed by atoms with Crippen LogP contribution in [-0.2, 0) is 9.53 Å². The predicted molar refractivity (Wildman–Crippen MR) is 66.5 cm³/mol. The minimum Gasteiger partial charge on any atom is -0.480 e. The lowest BCUT2D eigenvalue weighted by atomic mass is 9.90. The van der Waals surface area contributed by atoms with Crippen molar-refractivity contribution in [2.75, 3.05) is 19.6 Å². The van der Waals surface area contributed by atoms with Crippen molar-refractivity contribution in [2.45, 2.75) is 45.3 Å². The number of carboxylic acids is 1. The van der Waals surface area contributed by atoms with Crippen molar-refractivity contribution < 1.29 is 19.4 Å². The molecule has 1 rings (SSSR count). The third-order valence-electron chi connectivity index (χ3n) is 2.70. The molecule has 0 saturated carbocycles. The van der Waals surface area contributed by atoms with Crippen LogP contribution in [0.15, 0.2) is 0 Å². The second-order valence-corrected chi connectivity index (χ2v) is 5.65. The molecule has 18 heavy (non-hydrogen) atoms. The number of likely N-dealkylation sites (tertiary alicyclic amines) is 1. The standard InChI is InChI=1S/C12H22N2O4/c1-5-6-13-12(9(15)16)7-14(8-12)10(17)18-11(2,3)4/h13H,5-8H2,1-4H3,(H,15,16). The van der Waals surface area contributed by atoms with Gasteiger partial charge in [0.1, 0.15) is 5.60 Å². The van der Waals surface area contributed by atoms with Crippen LogP contribution in [0.1, 0.15) is 34.1 Å². The monoisotopic (exact) mass is 258 g/mol. The first-order valence-corrected chi connectivity index (χ1v) is 6.16. The molecule has 1 saturated heterocycles. The summed E-state index contributed by atoms with van der Waals surface area (Å²) in [6.07, 6.45) is 0.388. The zero-order valence-electron chi connectivity index (χ0n) is 11.4. The van der Waals surface area contributed by atoms with Crippen molar-refractivity contribution >= 4 is 12.1 Å². The topological polar surface area (TPSA) is 78.9 Å². The summed E-state index contributed by atoms with van der Waals surface area (Å²) in [6.45, 7) is 8.23. The molecule has 0 bridgehead atoms.